The van der Waals surface area contributed by atoms with Crippen molar-refractivity contribution < 1.29 is 19.1 Å². The van der Waals surface area contributed by atoms with Gasteiger partial charge in [-0.1, -0.05) is 12.8 Å². The molecule has 3 rings (SSSR count). The fourth-order valence-corrected chi connectivity index (χ4v) is 3.85. The van der Waals surface area contributed by atoms with Crippen LogP contribution in [-0.2, 0) is 21.4 Å². The number of rotatable bonds is 5. The number of aryl methyl sites for hydroxylation is 1. The summed E-state index contributed by atoms with van der Waals surface area (Å²) in [5, 5.41) is 7.16. The lowest BCUT2D eigenvalue weighted by molar-refractivity contribution is -0.149. The minimum Gasteiger partial charge on any atom is -0.466 e. The van der Waals surface area contributed by atoms with Gasteiger partial charge in [-0.05, 0) is 32.6 Å². The van der Waals surface area contributed by atoms with Crippen LogP contribution in [0.3, 0.4) is 0 Å². The van der Waals surface area contributed by atoms with E-state index in [1.165, 1.54) is 4.68 Å². The summed E-state index contributed by atoms with van der Waals surface area (Å²) in [4.78, 5) is 38.6. The summed E-state index contributed by atoms with van der Waals surface area (Å²) in [5.74, 6) is 0.106. The number of likely N-dealkylation sites (tertiary alicyclic amines) is 1. The molecule has 8 nitrogen and oxygen atoms in total. The largest absolute Gasteiger partial charge is 0.466 e. The molecule has 0 radical (unpaired) electrons. The number of carbonyl (C=O) groups excluding carboxylic acids is 3. The highest BCUT2D eigenvalue weighted by Crippen LogP contribution is 2.26. The number of amides is 2. The molecule has 0 atom stereocenters. The Morgan fingerprint density at radius 1 is 1.15 bits per heavy atom. The van der Waals surface area contributed by atoms with Gasteiger partial charge in [-0.2, -0.15) is 5.10 Å². The summed E-state index contributed by atoms with van der Waals surface area (Å²) in [7, 11) is 1.72. The fraction of sp³-hybridized carbons (Fsp3) is 0.684. The number of ether oxygens (including phenoxy) is 1. The van der Waals surface area contributed by atoms with E-state index in [9.17, 15) is 14.4 Å². The lowest BCUT2D eigenvalue weighted by atomic mass is 9.97. The zero-order valence-electron chi connectivity index (χ0n) is 16.1. The first kappa shape index (κ1) is 19.4. The van der Waals surface area contributed by atoms with Crippen molar-refractivity contribution >= 4 is 23.6 Å². The van der Waals surface area contributed by atoms with Crippen LogP contribution >= 0.6 is 0 Å². The number of carbonyl (C=O) groups is 3. The number of hydrogen-bond donors (Lipinski definition) is 1. The van der Waals surface area contributed by atoms with E-state index in [-0.39, 0.29) is 29.6 Å². The minimum atomic E-state index is -0.181. The molecule has 2 fully saturated rings. The molecule has 1 aromatic rings. The molecule has 1 aliphatic heterocycles. The van der Waals surface area contributed by atoms with Crippen molar-refractivity contribution in [1.29, 1.82) is 0 Å². The Balaban J connectivity index is 1.58. The number of aromatic nitrogens is 2. The molecule has 1 N–H and O–H groups in total. The summed E-state index contributed by atoms with van der Waals surface area (Å²) in [6.45, 7) is 3.17. The Bertz CT molecular complexity index is 701. The summed E-state index contributed by atoms with van der Waals surface area (Å²) in [6.07, 6.45) is 5.23. The lowest BCUT2D eigenvalue weighted by Gasteiger charge is -2.30. The lowest BCUT2D eigenvalue weighted by Crippen LogP contribution is -2.40. The normalized spacial score (nSPS) is 18.5. The van der Waals surface area contributed by atoms with Gasteiger partial charge in [0.15, 0.2) is 5.69 Å². The molecule has 1 saturated carbocycles. The van der Waals surface area contributed by atoms with Crippen molar-refractivity contribution in [3.05, 3.63) is 11.8 Å². The van der Waals surface area contributed by atoms with E-state index >= 15 is 0 Å². The molecule has 2 aliphatic rings. The maximum Gasteiger partial charge on any atom is 0.309 e. The first-order valence-electron chi connectivity index (χ1n) is 9.80. The molecule has 0 spiro atoms. The number of piperidine rings is 1. The van der Waals surface area contributed by atoms with Crippen molar-refractivity contribution in [3.8, 4) is 0 Å². The molecule has 1 aliphatic carbocycles. The van der Waals surface area contributed by atoms with Gasteiger partial charge in [0.05, 0.1) is 12.5 Å². The third-order valence-corrected chi connectivity index (χ3v) is 5.48. The summed E-state index contributed by atoms with van der Waals surface area (Å²) in [5.41, 5.74) is 0.314. The highest BCUT2D eigenvalue weighted by molar-refractivity contribution is 5.96. The van der Waals surface area contributed by atoms with Crippen molar-refractivity contribution in [2.45, 2.75) is 45.4 Å². The van der Waals surface area contributed by atoms with Crippen LogP contribution in [0.1, 0.15) is 55.9 Å². The SMILES string of the molecule is CCOC(=O)C1CCN(C(=O)c2cc(NC(=O)C3CCCC3)n(C)n2)CC1. The van der Waals surface area contributed by atoms with Crippen LogP contribution in [0.5, 0.6) is 0 Å². The van der Waals surface area contributed by atoms with E-state index in [1.54, 1.807) is 24.9 Å². The van der Waals surface area contributed by atoms with Crippen LogP contribution < -0.4 is 5.32 Å². The number of esters is 1. The highest BCUT2D eigenvalue weighted by Gasteiger charge is 2.30. The molecule has 0 unspecified atom stereocenters. The molecule has 0 bridgehead atoms. The van der Waals surface area contributed by atoms with E-state index < -0.39 is 0 Å². The summed E-state index contributed by atoms with van der Waals surface area (Å²) >= 11 is 0. The Morgan fingerprint density at radius 3 is 2.44 bits per heavy atom. The Labute approximate surface area is 159 Å². The van der Waals surface area contributed by atoms with E-state index in [1.807, 2.05) is 0 Å². The van der Waals surface area contributed by atoms with Gasteiger partial charge < -0.3 is 15.0 Å². The maximum atomic E-state index is 12.7. The van der Waals surface area contributed by atoms with Gasteiger partial charge in [0.2, 0.25) is 5.91 Å². The average molecular weight is 376 g/mol. The molecule has 27 heavy (non-hydrogen) atoms. The Kier molecular flexibility index (Phi) is 6.13. The van der Waals surface area contributed by atoms with E-state index in [2.05, 4.69) is 10.4 Å². The third kappa shape index (κ3) is 4.48. The van der Waals surface area contributed by atoms with Crippen molar-refractivity contribution in [1.82, 2.24) is 14.7 Å². The quantitative estimate of drug-likeness (QED) is 0.793. The molecule has 2 amide bonds. The van der Waals surface area contributed by atoms with Crippen LogP contribution in [0, 0.1) is 11.8 Å². The first-order chi connectivity index (χ1) is 13.0. The maximum absolute atomic E-state index is 12.7. The standard InChI is InChI=1S/C19H28N4O4/c1-3-27-19(26)14-8-10-23(11-9-14)18(25)15-12-16(22(2)21-15)20-17(24)13-6-4-5-7-13/h12-14H,3-11H2,1-2H3,(H,20,24). The Hall–Kier alpha value is -2.38. The topological polar surface area (TPSA) is 93.5 Å². The third-order valence-electron chi connectivity index (χ3n) is 5.48. The van der Waals surface area contributed by atoms with E-state index in [0.717, 1.165) is 25.7 Å². The second-order valence-corrected chi connectivity index (χ2v) is 7.33. The van der Waals surface area contributed by atoms with E-state index in [4.69, 9.17) is 4.74 Å². The Morgan fingerprint density at radius 2 is 1.81 bits per heavy atom. The number of hydrogen-bond acceptors (Lipinski definition) is 5. The molecule has 2 heterocycles. The first-order valence-corrected chi connectivity index (χ1v) is 9.80. The second kappa shape index (κ2) is 8.54. The molecule has 1 saturated heterocycles. The van der Waals surface area contributed by atoms with Gasteiger partial charge >= 0.3 is 5.97 Å². The summed E-state index contributed by atoms with van der Waals surface area (Å²) < 4.78 is 6.59. The van der Waals surface area contributed by atoms with Crippen LogP contribution in [0.15, 0.2) is 6.07 Å². The number of nitrogens with one attached hydrogen (secondary N) is 1. The minimum absolute atomic E-state index is 0.00440. The molecular weight excluding hydrogens is 348 g/mol. The van der Waals surface area contributed by atoms with Gasteiger partial charge in [0.25, 0.3) is 5.91 Å². The fourth-order valence-electron chi connectivity index (χ4n) is 3.85. The van der Waals surface area contributed by atoms with E-state index in [0.29, 0.717) is 44.0 Å². The highest BCUT2D eigenvalue weighted by atomic mass is 16.5. The van der Waals surface area contributed by atoms with Crippen LogP contribution in [0.4, 0.5) is 5.82 Å². The van der Waals surface area contributed by atoms with Gasteiger partial charge in [-0.3, -0.25) is 19.1 Å². The monoisotopic (exact) mass is 376 g/mol. The number of nitrogens with zero attached hydrogens (tertiary/aromatic N) is 3. The van der Waals surface area contributed by atoms with Gasteiger partial charge in [-0.15, -0.1) is 0 Å². The van der Waals surface area contributed by atoms with Crippen LogP contribution in [0.25, 0.3) is 0 Å². The molecule has 1 aromatic heterocycles. The van der Waals surface area contributed by atoms with Crippen molar-refractivity contribution in [2.75, 3.05) is 25.0 Å². The zero-order chi connectivity index (χ0) is 19.4. The number of anilines is 1. The van der Waals surface area contributed by atoms with Gasteiger partial charge in [0, 0.05) is 32.1 Å². The molecule has 148 valence electrons. The summed E-state index contributed by atoms with van der Waals surface area (Å²) in [6, 6.07) is 1.63. The van der Waals surface area contributed by atoms with Crippen molar-refractivity contribution in [3.63, 3.8) is 0 Å². The van der Waals surface area contributed by atoms with Crippen LogP contribution in [0.2, 0.25) is 0 Å². The average Bonchev–Trinajstić information content (AvgIpc) is 3.32. The predicted octanol–water partition coefficient (Wildman–Crippen LogP) is 1.96. The second-order valence-electron chi connectivity index (χ2n) is 7.33. The van der Waals surface area contributed by atoms with Gasteiger partial charge in [-0.25, -0.2) is 0 Å². The molecular formula is C19H28N4O4. The molecule has 0 aromatic carbocycles. The van der Waals surface area contributed by atoms with Gasteiger partial charge in [0.1, 0.15) is 5.82 Å². The smallest absolute Gasteiger partial charge is 0.309 e. The molecule has 8 heteroatoms. The van der Waals surface area contributed by atoms with Crippen LogP contribution in [-0.4, -0.2) is 52.2 Å². The van der Waals surface area contributed by atoms with Crippen molar-refractivity contribution in [2.24, 2.45) is 18.9 Å². The zero-order valence-corrected chi connectivity index (χ0v) is 16.1. The predicted molar refractivity (Wildman–Crippen MR) is 99.1 cm³/mol.